The van der Waals surface area contributed by atoms with Gasteiger partial charge in [0.1, 0.15) is 0 Å². The summed E-state index contributed by atoms with van der Waals surface area (Å²) in [5.41, 5.74) is 4.99. The fraction of sp³-hybridized carbons (Fsp3) is 0.138. The first-order valence-electron chi connectivity index (χ1n) is 12.4. The maximum atomic E-state index is 13.3. The summed E-state index contributed by atoms with van der Waals surface area (Å²) in [5.74, 6) is 0.179. The van der Waals surface area contributed by atoms with Crippen molar-refractivity contribution in [1.29, 1.82) is 0 Å². The van der Waals surface area contributed by atoms with E-state index in [9.17, 15) is 13.2 Å². The molecule has 0 radical (unpaired) electrons. The Balaban J connectivity index is 1.21. The minimum atomic E-state index is -4.04. The number of hydrogen-bond acceptors (Lipinski definition) is 7. The molecule has 0 N–H and O–H groups in total. The van der Waals surface area contributed by atoms with Gasteiger partial charge in [0.15, 0.2) is 5.17 Å². The Labute approximate surface area is 234 Å². The molecule has 2 aliphatic heterocycles. The van der Waals surface area contributed by atoms with Gasteiger partial charge in [0.2, 0.25) is 5.91 Å². The summed E-state index contributed by atoms with van der Waals surface area (Å²) in [7, 11) is -4.04. The van der Waals surface area contributed by atoms with Gasteiger partial charge in [0.25, 0.3) is 10.0 Å². The quantitative estimate of drug-likeness (QED) is 0.307. The number of rotatable bonds is 5. The first-order valence-corrected chi connectivity index (χ1v) is 15.8. The molecule has 4 aromatic rings. The Morgan fingerprint density at radius 2 is 1.64 bits per heavy atom. The first-order chi connectivity index (χ1) is 19.0. The van der Waals surface area contributed by atoms with E-state index in [-0.39, 0.29) is 33.7 Å². The molecule has 0 bridgehead atoms. The van der Waals surface area contributed by atoms with E-state index in [1.807, 2.05) is 17.1 Å². The van der Waals surface area contributed by atoms with Crippen LogP contribution < -0.4 is 9.91 Å². The Morgan fingerprint density at radius 3 is 2.41 bits per heavy atom. The maximum absolute atomic E-state index is 13.3. The number of thioether (sulfide) groups is 1. The van der Waals surface area contributed by atoms with Crippen molar-refractivity contribution >= 4 is 61.3 Å². The lowest BCUT2D eigenvalue weighted by Gasteiger charge is -2.26. The number of sulfonamides is 1. The molecule has 3 aliphatic rings. The van der Waals surface area contributed by atoms with Gasteiger partial charge >= 0.3 is 0 Å². The zero-order valence-electron chi connectivity index (χ0n) is 20.5. The number of benzene rings is 3. The lowest BCUT2D eigenvalue weighted by atomic mass is 9.94. The van der Waals surface area contributed by atoms with Crippen molar-refractivity contribution in [3.05, 3.63) is 112 Å². The standard InChI is InChI=1S/C29H22N4O3S3/c34-26-18-38-29(32(26)20-8-2-1-3-9-20)31-39(35,36)22-14-12-21(13-15-22)33-28(25-11-6-16-37-25)24-17-19-7-4-5-10-23(19)27(24)30-33/h1-16,24,28H,17-18H2/b31-29+. The van der Waals surface area contributed by atoms with Crippen LogP contribution >= 0.6 is 23.1 Å². The van der Waals surface area contributed by atoms with Crippen LogP contribution in [-0.4, -0.2) is 31.0 Å². The van der Waals surface area contributed by atoms with Gasteiger partial charge < -0.3 is 0 Å². The predicted octanol–water partition coefficient (Wildman–Crippen LogP) is 5.71. The van der Waals surface area contributed by atoms with E-state index in [2.05, 4.69) is 40.1 Å². The van der Waals surface area contributed by atoms with Gasteiger partial charge in [-0.15, -0.1) is 15.7 Å². The zero-order valence-corrected chi connectivity index (χ0v) is 23.0. The number of carbonyl (C=O) groups excluding carboxylic acids is 1. The Kier molecular flexibility index (Phi) is 5.91. The Bertz CT molecular complexity index is 1730. The average molecular weight is 571 g/mol. The molecule has 2 unspecified atom stereocenters. The molecular weight excluding hydrogens is 549 g/mol. The minimum Gasteiger partial charge on any atom is -0.273 e. The van der Waals surface area contributed by atoms with Crippen molar-refractivity contribution in [3.8, 4) is 0 Å². The first kappa shape index (κ1) is 24.3. The molecule has 1 fully saturated rings. The second-order valence-corrected chi connectivity index (χ2v) is 13.0. The normalized spacial score (nSPS) is 21.4. The lowest BCUT2D eigenvalue weighted by molar-refractivity contribution is -0.115. The Morgan fingerprint density at radius 1 is 0.872 bits per heavy atom. The third-order valence-electron chi connectivity index (χ3n) is 7.16. The van der Waals surface area contributed by atoms with Gasteiger partial charge in [0.05, 0.1) is 33.8 Å². The van der Waals surface area contributed by atoms with Crippen LogP contribution in [-0.2, 0) is 21.2 Å². The number of anilines is 2. The Hall–Kier alpha value is -3.73. The monoisotopic (exact) mass is 570 g/mol. The van der Waals surface area contributed by atoms with Crippen LogP contribution in [0.2, 0.25) is 0 Å². The summed E-state index contributed by atoms with van der Waals surface area (Å²) in [6, 6.07) is 28.3. The summed E-state index contributed by atoms with van der Waals surface area (Å²) in [4.78, 5) is 15.1. The van der Waals surface area contributed by atoms with Crippen molar-refractivity contribution in [1.82, 2.24) is 0 Å². The van der Waals surface area contributed by atoms with Gasteiger partial charge in [0, 0.05) is 16.4 Å². The summed E-state index contributed by atoms with van der Waals surface area (Å²) in [6.07, 6.45) is 0.923. The molecular formula is C29H22N4O3S3. The van der Waals surface area contributed by atoms with Gasteiger partial charge in [-0.2, -0.15) is 13.5 Å². The number of amidine groups is 1. The number of amides is 1. The zero-order chi connectivity index (χ0) is 26.6. The molecule has 1 saturated heterocycles. The fourth-order valence-corrected chi connectivity index (χ4v) is 8.37. The number of thiophene rings is 1. The topological polar surface area (TPSA) is 82.4 Å². The molecule has 0 saturated carbocycles. The predicted molar refractivity (Wildman–Crippen MR) is 157 cm³/mol. The molecule has 194 valence electrons. The minimum absolute atomic E-state index is 0.0374. The van der Waals surface area contributed by atoms with E-state index in [0.29, 0.717) is 5.69 Å². The van der Waals surface area contributed by atoms with Crippen LogP contribution in [0.15, 0.2) is 111 Å². The third kappa shape index (κ3) is 4.19. The third-order valence-corrected chi connectivity index (χ3v) is 10.4. The number of fused-ring (bicyclic) bond motifs is 3. The van der Waals surface area contributed by atoms with Crippen LogP contribution in [0.4, 0.5) is 11.4 Å². The van der Waals surface area contributed by atoms with Gasteiger partial charge in [-0.25, -0.2) is 0 Å². The van der Waals surface area contributed by atoms with E-state index in [1.54, 1.807) is 59.9 Å². The second-order valence-electron chi connectivity index (χ2n) is 9.45. The number of nitrogens with zero attached hydrogens (tertiary/aromatic N) is 4. The van der Waals surface area contributed by atoms with Crippen molar-refractivity contribution < 1.29 is 13.2 Å². The van der Waals surface area contributed by atoms with Gasteiger partial charge in [-0.05, 0) is 59.8 Å². The molecule has 0 spiro atoms. The van der Waals surface area contributed by atoms with E-state index in [1.165, 1.54) is 20.9 Å². The number of carbonyl (C=O) groups is 1. The highest BCUT2D eigenvalue weighted by Gasteiger charge is 2.44. The molecule has 39 heavy (non-hydrogen) atoms. The summed E-state index contributed by atoms with van der Waals surface area (Å²) in [6.45, 7) is 0. The highest BCUT2D eigenvalue weighted by Crippen LogP contribution is 2.47. The SMILES string of the molecule is O=C1CS/C(=N/S(=O)(=O)c2ccc(N3N=C4c5ccccc5CC4C3c3cccs3)cc2)N1c1ccccc1. The molecule has 10 heteroatoms. The summed E-state index contributed by atoms with van der Waals surface area (Å²) < 4.78 is 30.6. The van der Waals surface area contributed by atoms with E-state index >= 15 is 0 Å². The second kappa shape index (κ2) is 9.48. The van der Waals surface area contributed by atoms with Crippen LogP contribution in [0, 0.1) is 5.92 Å². The van der Waals surface area contributed by atoms with E-state index < -0.39 is 10.0 Å². The van der Waals surface area contributed by atoms with Gasteiger partial charge in [-0.3, -0.25) is 14.7 Å². The molecule has 3 aromatic carbocycles. The molecule has 1 aliphatic carbocycles. The van der Waals surface area contributed by atoms with Crippen molar-refractivity contribution in [2.75, 3.05) is 15.7 Å². The van der Waals surface area contributed by atoms with Crippen LogP contribution in [0.3, 0.4) is 0 Å². The molecule has 1 amide bonds. The van der Waals surface area contributed by atoms with E-state index in [0.717, 1.165) is 29.6 Å². The highest BCUT2D eigenvalue weighted by molar-refractivity contribution is 8.16. The summed E-state index contributed by atoms with van der Waals surface area (Å²) >= 11 is 2.83. The highest BCUT2D eigenvalue weighted by atomic mass is 32.2. The molecule has 7 rings (SSSR count). The van der Waals surface area contributed by atoms with Crippen molar-refractivity contribution in [2.24, 2.45) is 15.4 Å². The molecule has 7 nitrogen and oxygen atoms in total. The molecule has 1 aromatic heterocycles. The van der Waals surface area contributed by atoms with Crippen LogP contribution in [0.25, 0.3) is 0 Å². The maximum Gasteiger partial charge on any atom is 0.284 e. The largest absolute Gasteiger partial charge is 0.284 e. The van der Waals surface area contributed by atoms with Gasteiger partial charge in [-0.1, -0.05) is 60.3 Å². The van der Waals surface area contributed by atoms with Crippen LogP contribution in [0.1, 0.15) is 22.0 Å². The van der Waals surface area contributed by atoms with E-state index in [4.69, 9.17) is 5.10 Å². The molecule has 2 atom stereocenters. The lowest BCUT2D eigenvalue weighted by Crippen LogP contribution is -2.29. The summed E-state index contributed by atoms with van der Waals surface area (Å²) in [5, 5.41) is 9.31. The number of hydrogen-bond donors (Lipinski definition) is 0. The number of hydrazone groups is 1. The van der Waals surface area contributed by atoms with Crippen LogP contribution in [0.5, 0.6) is 0 Å². The smallest absolute Gasteiger partial charge is 0.273 e. The van der Waals surface area contributed by atoms with Crippen molar-refractivity contribution in [2.45, 2.75) is 17.4 Å². The average Bonchev–Trinajstić information content (AvgIpc) is 3.73. The fourth-order valence-electron chi connectivity index (χ4n) is 5.40. The molecule has 3 heterocycles. The number of para-hydroxylation sites is 1. The van der Waals surface area contributed by atoms with Crippen molar-refractivity contribution in [3.63, 3.8) is 0 Å².